The molecule has 0 saturated carbocycles. The minimum absolute atomic E-state index is 0.0226. The van der Waals surface area contributed by atoms with Gasteiger partial charge in [0.25, 0.3) is 5.56 Å². The normalized spacial score (nSPS) is 11.4. The number of benzene rings is 1. The number of nitrogens with zero attached hydrogens (tertiary/aromatic N) is 1. The van der Waals surface area contributed by atoms with Crippen LogP contribution in [0.15, 0.2) is 29.1 Å². The van der Waals surface area contributed by atoms with Crippen LogP contribution in [0, 0.1) is 0 Å². The Hall–Kier alpha value is -2.63. The Morgan fingerprint density at radius 1 is 1.19 bits per heavy atom. The quantitative estimate of drug-likeness (QED) is 0.785. The van der Waals surface area contributed by atoms with Crippen LogP contribution in [-0.4, -0.2) is 26.4 Å². The van der Waals surface area contributed by atoms with Crippen molar-refractivity contribution < 1.29 is 15.0 Å². The van der Waals surface area contributed by atoms with Crippen molar-refractivity contribution in [1.82, 2.24) is 10.2 Å². The smallest absolute Gasteiger partial charge is 0.345 e. The van der Waals surface area contributed by atoms with Crippen LogP contribution in [0.5, 0.6) is 5.75 Å². The first-order valence-corrected chi connectivity index (χ1v) is 6.37. The maximum atomic E-state index is 11.4. The largest absolute Gasteiger partial charge is 0.505 e. The Bertz CT molecular complexity index is 740. The third kappa shape index (κ3) is 2.79. The van der Waals surface area contributed by atoms with Gasteiger partial charge in [-0.15, -0.1) is 0 Å². The van der Waals surface area contributed by atoms with E-state index in [9.17, 15) is 14.7 Å². The van der Waals surface area contributed by atoms with Crippen LogP contribution in [0.25, 0.3) is 11.3 Å². The van der Waals surface area contributed by atoms with Crippen LogP contribution in [0.1, 0.15) is 36.7 Å². The maximum Gasteiger partial charge on any atom is 0.345 e. The number of aromatic hydroxyl groups is 1. The lowest BCUT2D eigenvalue weighted by Gasteiger charge is -2.19. The first kappa shape index (κ1) is 14.8. The van der Waals surface area contributed by atoms with E-state index in [2.05, 4.69) is 31.0 Å². The molecule has 0 atom stereocenters. The van der Waals surface area contributed by atoms with Crippen molar-refractivity contribution in [3.8, 4) is 17.0 Å². The predicted molar refractivity (Wildman–Crippen MR) is 77.6 cm³/mol. The van der Waals surface area contributed by atoms with Crippen molar-refractivity contribution >= 4 is 5.97 Å². The lowest BCUT2D eigenvalue weighted by molar-refractivity contribution is 0.0691. The molecule has 1 aromatic carbocycles. The molecule has 0 bridgehead atoms. The first-order chi connectivity index (χ1) is 9.71. The molecule has 6 heteroatoms. The van der Waals surface area contributed by atoms with Gasteiger partial charge < -0.3 is 10.2 Å². The highest BCUT2D eigenvalue weighted by Gasteiger charge is 2.21. The fourth-order valence-electron chi connectivity index (χ4n) is 1.97. The summed E-state index contributed by atoms with van der Waals surface area (Å²) in [6, 6.07) is 7.21. The van der Waals surface area contributed by atoms with Crippen molar-refractivity contribution in [2.45, 2.75) is 26.2 Å². The Balaban J connectivity index is 2.56. The fraction of sp³-hybridized carbons (Fsp3) is 0.267. The number of carbonyl (C=O) groups is 1. The van der Waals surface area contributed by atoms with Crippen LogP contribution in [0.4, 0.5) is 0 Å². The van der Waals surface area contributed by atoms with Gasteiger partial charge in [0, 0.05) is 5.56 Å². The number of carboxylic acid groups (broad SMARTS) is 1. The summed E-state index contributed by atoms with van der Waals surface area (Å²) in [5.41, 5.74) is -0.0131. The molecule has 2 rings (SSSR count). The highest BCUT2D eigenvalue weighted by molar-refractivity contribution is 5.92. The molecule has 3 N–H and O–H groups in total. The van der Waals surface area contributed by atoms with E-state index in [1.165, 1.54) is 0 Å². The topological polar surface area (TPSA) is 103 Å². The molecule has 2 aromatic rings. The van der Waals surface area contributed by atoms with Crippen LogP contribution in [0.3, 0.4) is 0 Å². The maximum absolute atomic E-state index is 11.4. The van der Waals surface area contributed by atoms with Crippen molar-refractivity contribution in [2.75, 3.05) is 0 Å². The van der Waals surface area contributed by atoms with Gasteiger partial charge in [0.2, 0.25) is 0 Å². The minimum Gasteiger partial charge on any atom is -0.505 e. The Morgan fingerprint density at radius 2 is 1.76 bits per heavy atom. The lowest BCUT2D eigenvalue weighted by atomic mass is 9.86. The molecule has 0 spiro atoms. The number of aromatic amines is 1. The van der Waals surface area contributed by atoms with Crippen molar-refractivity contribution in [2.24, 2.45) is 0 Å². The van der Waals surface area contributed by atoms with Gasteiger partial charge in [-0.25, -0.2) is 9.89 Å². The molecule has 0 aliphatic rings. The second-order valence-corrected chi connectivity index (χ2v) is 5.76. The molecule has 6 nitrogen and oxygen atoms in total. The lowest BCUT2D eigenvalue weighted by Crippen LogP contribution is -2.19. The van der Waals surface area contributed by atoms with Crippen LogP contribution in [-0.2, 0) is 5.41 Å². The summed E-state index contributed by atoms with van der Waals surface area (Å²) in [4.78, 5) is 22.4. The molecule has 0 aliphatic heterocycles. The summed E-state index contributed by atoms with van der Waals surface area (Å²) in [6.45, 7) is 6.21. The first-order valence-electron chi connectivity index (χ1n) is 6.37. The summed E-state index contributed by atoms with van der Waals surface area (Å²) < 4.78 is 0. The van der Waals surface area contributed by atoms with Gasteiger partial charge in [0.1, 0.15) is 5.69 Å². The number of aromatic nitrogens is 2. The molecule has 21 heavy (non-hydrogen) atoms. The molecule has 0 amide bonds. The summed E-state index contributed by atoms with van der Waals surface area (Å²) in [5, 5.41) is 24.7. The van der Waals surface area contributed by atoms with E-state index in [4.69, 9.17) is 5.11 Å². The van der Waals surface area contributed by atoms with Gasteiger partial charge in [0.15, 0.2) is 11.3 Å². The molecule has 1 aromatic heterocycles. The van der Waals surface area contributed by atoms with E-state index in [1.807, 2.05) is 12.1 Å². The molecule has 0 fully saturated rings. The third-order valence-corrected chi connectivity index (χ3v) is 3.20. The Labute approximate surface area is 121 Å². The molecule has 1 heterocycles. The van der Waals surface area contributed by atoms with E-state index in [1.54, 1.807) is 12.1 Å². The second kappa shape index (κ2) is 5.05. The number of rotatable bonds is 2. The number of hydrogen-bond donors (Lipinski definition) is 3. The molecule has 0 unspecified atom stereocenters. The van der Waals surface area contributed by atoms with Crippen LogP contribution >= 0.6 is 0 Å². The van der Waals surface area contributed by atoms with Gasteiger partial charge in [0.05, 0.1) is 0 Å². The van der Waals surface area contributed by atoms with E-state index in [-0.39, 0.29) is 11.1 Å². The summed E-state index contributed by atoms with van der Waals surface area (Å²) >= 11 is 0. The predicted octanol–water partition coefficient (Wildman–Crippen LogP) is 2.14. The number of aromatic carboxylic acids is 1. The van der Waals surface area contributed by atoms with Crippen LogP contribution in [0.2, 0.25) is 0 Å². The van der Waals surface area contributed by atoms with E-state index in [0.29, 0.717) is 5.56 Å². The molecule has 0 radical (unpaired) electrons. The van der Waals surface area contributed by atoms with Gasteiger partial charge in [-0.2, -0.15) is 5.10 Å². The molecule has 0 aliphatic carbocycles. The minimum atomic E-state index is -1.50. The van der Waals surface area contributed by atoms with Gasteiger partial charge in [-0.05, 0) is 11.0 Å². The third-order valence-electron chi connectivity index (χ3n) is 3.20. The zero-order valence-electron chi connectivity index (χ0n) is 12.0. The van der Waals surface area contributed by atoms with Crippen molar-refractivity contribution in [3.05, 3.63) is 45.7 Å². The molecular weight excluding hydrogens is 272 g/mol. The highest BCUT2D eigenvalue weighted by atomic mass is 16.4. The zero-order valence-corrected chi connectivity index (χ0v) is 12.0. The number of carboxylic acids is 1. The number of nitrogens with one attached hydrogen (secondary N) is 1. The SMILES string of the molecule is CC(C)(C)c1ccc(-c2n[nH]c(=O)c(C(=O)O)c2O)cc1. The Morgan fingerprint density at radius 3 is 2.24 bits per heavy atom. The fourth-order valence-corrected chi connectivity index (χ4v) is 1.97. The van der Waals surface area contributed by atoms with Crippen molar-refractivity contribution in [1.29, 1.82) is 0 Å². The summed E-state index contributed by atoms with van der Waals surface area (Å²) in [7, 11) is 0. The number of H-pyrrole nitrogens is 1. The standard InChI is InChI=1S/C15H16N2O4/c1-15(2,3)9-6-4-8(5-7-9)11-12(18)10(14(20)21)13(19)17-16-11/h4-7H,1-3H3,(H,20,21)(H2,17,18,19). The van der Waals surface area contributed by atoms with Gasteiger partial charge >= 0.3 is 5.97 Å². The molecule has 110 valence electrons. The molecular formula is C15H16N2O4. The Kier molecular flexibility index (Phi) is 3.55. The average Bonchev–Trinajstić information content (AvgIpc) is 2.37. The van der Waals surface area contributed by atoms with E-state index < -0.39 is 22.8 Å². The van der Waals surface area contributed by atoms with Gasteiger partial charge in [-0.3, -0.25) is 4.79 Å². The van der Waals surface area contributed by atoms with E-state index >= 15 is 0 Å². The monoisotopic (exact) mass is 288 g/mol. The van der Waals surface area contributed by atoms with Gasteiger partial charge in [-0.1, -0.05) is 45.0 Å². The average molecular weight is 288 g/mol. The molecule has 0 saturated heterocycles. The summed E-state index contributed by atoms with van der Waals surface area (Å²) in [5.74, 6) is -2.13. The van der Waals surface area contributed by atoms with E-state index in [0.717, 1.165) is 5.56 Å². The van der Waals surface area contributed by atoms with Crippen LogP contribution < -0.4 is 5.56 Å². The highest BCUT2D eigenvalue weighted by Crippen LogP contribution is 2.30. The second-order valence-electron chi connectivity index (χ2n) is 5.76. The zero-order chi connectivity index (χ0) is 15.8. The van der Waals surface area contributed by atoms with Crippen molar-refractivity contribution in [3.63, 3.8) is 0 Å². The summed E-state index contributed by atoms with van der Waals surface area (Å²) in [6.07, 6.45) is 0. The number of hydrogen-bond acceptors (Lipinski definition) is 4.